The fraction of sp³-hybridized carbons (Fsp3) is 0.346. The fourth-order valence-electron chi connectivity index (χ4n) is 4.80. The van der Waals surface area contributed by atoms with Gasteiger partial charge in [-0.15, -0.1) is 0 Å². The van der Waals surface area contributed by atoms with E-state index in [1.807, 2.05) is 24.3 Å². The highest BCUT2D eigenvalue weighted by molar-refractivity contribution is 6.26. The van der Waals surface area contributed by atoms with Gasteiger partial charge in [0.15, 0.2) is 5.78 Å². The molecule has 0 spiro atoms. The molecule has 2 aliphatic carbocycles. The van der Waals surface area contributed by atoms with E-state index in [-0.39, 0.29) is 17.3 Å². The predicted octanol–water partition coefficient (Wildman–Crippen LogP) is 6.17. The largest absolute Gasteiger partial charge is 0.507 e. The number of benzene rings is 2. The Kier molecular flexibility index (Phi) is 4.94. The Hall–Kier alpha value is -2.68. The third-order valence-corrected chi connectivity index (χ3v) is 6.38. The molecule has 0 amide bonds. The lowest BCUT2D eigenvalue weighted by Gasteiger charge is -2.35. The standard InChI is InChI=1S/C26H27O3/c1-4-6-8-21(28)26(12-7-5-2)13-11-17-9-10-18-14-16(3)25(29)24-20(27)15-19(26)22(17)23(18)24/h9-11,13-15,27H,3-8,12H2,1-2H3. The number of hydrogen-bond acceptors (Lipinski definition) is 3. The number of unbranched alkanes of at least 4 members (excludes halogenated alkanes) is 2. The van der Waals surface area contributed by atoms with E-state index in [4.69, 9.17) is 0 Å². The second-order valence-corrected chi connectivity index (χ2v) is 8.25. The molecular weight excluding hydrogens is 360 g/mol. The van der Waals surface area contributed by atoms with Gasteiger partial charge in [-0.25, -0.2) is 0 Å². The van der Waals surface area contributed by atoms with Gasteiger partial charge < -0.3 is 5.11 Å². The van der Waals surface area contributed by atoms with Gasteiger partial charge in [0.25, 0.3) is 0 Å². The Morgan fingerprint density at radius 3 is 2.55 bits per heavy atom. The topological polar surface area (TPSA) is 54.4 Å². The molecule has 0 aromatic heterocycles. The van der Waals surface area contributed by atoms with E-state index in [9.17, 15) is 14.7 Å². The molecule has 0 bridgehead atoms. The highest BCUT2D eigenvalue weighted by Gasteiger charge is 2.41. The Morgan fingerprint density at radius 2 is 1.83 bits per heavy atom. The van der Waals surface area contributed by atoms with Crippen LogP contribution in [0.2, 0.25) is 0 Å². The lowest BCUT2D eigenvalue weighted by molar-refractivity contribution is -0.123. The SMILES string of the molecule is [CH2]C1=Cc2ccc3c4c(cc(O)c(c24)C1=O)C(CCCC)(C(=O)CCCC)C=C3. The molecule has 0 saturated carbocycles. The number of rotatable bonds is 7. The number of carbonyl (C=O) groups is 2. The van der Waals surface area contributed by atoms with Crippen molar-refractivity contribution in [3.63, 3.8) is 0 Å². The predicted molar refractivity (Wildman–Crippen MR) is 118 cm³/mol. The number of allylic oxidation sites excluding steroid dienone is 2. The molecule has 3 heteroatoms. The van der Waals surface area contributed by atoms with Crippen molar-refractivity contribution in [3.8, 4) is 5.75 Å². The molecular formula is C26H27O3. The molecule has 4 rings (SSSR count). The highest BCUT2D eigenvalue weighted by atomic mass is 16.3. The Balaban J connectivity index is 2.04. The minimum Gasteiger partial charge on any atom is -0.507 e. The molecule has 2 aliphatic rings. The molecule has 1 unspecified atom stereocenters. The van der Waals surface area contributed by atoms with Gasteiger partial charge in [0, 0.05) is 17.4 Å². The minimum atomic E-state index is -0.746. The Bertz CT molecular complexity index is 1090. The second-order valence-electron chi connectivity index (χ2n) is 8.25. The van der Waals surface area contributed by atoms with Crippen LogP contribution in [0.5, 0.6) is 5.75 Å². The molecule has 1 N–H and O–H groups in total. The van der Waals surface area contributed by atoms with Crippen molar-refractivity contribution in [3.05, 3.63) is 59.0 Å². The summed E-state index contributed by atoms with van der Waals surface area (Å²) < 4.78 is 0. The number of phenolic OH excluding ortho intramolecular Hbond substituents is 1. The number of ketones is 2. The first-order valence-electron chi connectivity index (χ1n) is 10.6. The molecule has 1 atom stereocenters. The van der Waals surface area contributed by atoms with Crippen molar-refractivity contribution < 1.29 is 14.7 Å². The van der Waals surface area contributed by atoms with Crippen LogP contribution in [-0.4, -0.2) is 16.7 Å². The van der Waals surface area contributed by atoms with Crippen LogP contribution in [-0.2, 0) is 10.2 Å². The molecule has 0 fully saturated rings. The first-order chi connectivity index (χ1) is 13.9. The molecule has 149 valence electrons. The van der Waals surface area contributed by atoms with Gasteiger partial charge in [-0.2, -0.15) is 0 Å². The average Bonchev–Trinajstić information content (AvgIpc) is 2.72. The van der Waals surface area contributed by atoms with Crippen molar-refractivity contribution in [2.45, 2.75) is 57.8 Å². The number of Topliss-reactive ketones (excluding diaryl/α,β-unsaturated/α-hetero) is 2. The Labute approximate surface area is 172 Å². The monoisotopic (exact) mass is 387 g/mol. The smallest absolute Gasteiger partial charge is 0.193 e. The van der Waals surface area contributed by atoms with E-state index in [1.165, 1.54) is 0 Å². The maximum atomic E-state index is 13.5. The summed E-state index contributed by atoms with van der Waals surface area (Å²) in [6.07, 6.45) is 10.8. The zero-order valence-corrected chi connectivity index (χ0v) is 17.2. The molecule has 0 heterocycles. The first-order valence-corrected chi connectivity index (χ1v) is 10.6. The maximum absolute atomic E-state index is 13.5. The van der Waals surface area contributed by atoms with Crippen molar-refractivity contribution >= 4 is 34.5 Å². The van der Waals surface area contributed by atoms with Crippen LogP contribution in [0.3, 0.4) is 0 Å². The molecule has 2 aromatic carbocycles. The molecule has 0 saturated heterocycles. The summed E-state index contributed by atoms with van der Waals surface area (Å²) in [6, 6.07) is 5.66. The molecule has 29 heavy (non-hydrogen) atoms. The van der Waals surface area contributed by atoms with Crippen molar-refractivity contribution in [2.75, 3.05) is 0 Å². The third-order valence-electron chi connectivity index (χ3n) is 6.38. The fourth-order valence-corrected chi connectivity index (χ4v) is 4.80. The van der Waals surface area contributed by atoms with Crippen molar-refractivity contribution in [1.82, 2.24) is 0 Å². The normalized spacial score (nSPS) is 19.6. The van der Waals surface area contributed by atoms with Gasteiger partial charge in [-0.3, -0.25) is 9.59 Å². The number of aromatic hydroxyl groups is 1. The molecule has 2 aromatic rings. The van der Waals surface area contributed by atoms with Crippen molar-refractivity contribution in [1.29, 1.82) is 0 Å². The number of hydrogen-bond donors (Lipinski definition) is 1. The van der Waals surface area contributed by atoms with Crippen LogP contribution in [0.25, 0.3) is 22.9 Å². The summed E-state index contributed by atoms with van der Waals surface area (Å²) in [5.41, 5.74) is 2.65. The maximum Gasteiger partial charge on any atom is 0.193 e. The molecule has 3 nitrogen and oxygen atoms in total. The van der Waals surface area contributed by atoms with Gasteiger partial charge in [-0.05, 0) is 54.0 Å². The zero-order chi connectivity index (χ0) is 20.8. The van der Waals surface area contributed by atoms with E-state index >= 15 is 0 Å². The van der Waals surface area contributed by atoms with E-state index < -0.39 is 5.41 Å². The van der Waals surface area contributed by atoms with Crippen LogP contribution in [0.15, 0.2) is 29.8 Å². The summed E-state index contributed by atoms with van der Waals surface area (Å²) in [6.45, 7) is 8.06. The lowest BCUT2D eigenvalue weighted by Crippen LogP contribution is -2.36. The third kappa shape index (κ3) is 2.87. The summed E-state index contributed by atoms with van der Waals surface area (Å²) in [4.78, 5) is 26.3. The van der Waals surface area contributed by atoms with Gasteiger partial charge in [0.1, 0.15) is 11.5 Å². The van der Waals surface area contributed by atoms with Gasteiger partial charge in [0.2, 0.25) is 0 Å². The van der Waals surface area contributed by atoms with E-state index in [1.54, 1.807) is 12.1 Å². The van der Waals surface area contributed by atoms with Gasteiger partial charge in [0.05, 0.1) is 11.0 Å². The zero-order valence-electron chi connectivity index (χ0n) is 17.2. The van der Waals surface area contributed by atoms with Crippen LogP contribution in [0, 0.1) is 6.92 Å². The quantitative estimate of drug-likeness (QED) is 0.618. The minimum absolute atomic E-state index is 0.0513. The van der Waals surface area contributed by atoms with E-state index in [0.717, 1.165) is 53.1 Å². The van der Waals surface area contributed by atoms with Crippen LogP contribution >= 0.6 is 0 Å². The first kappa shape index (κ1) is 19.6. The number of carbonyl (C=O) groups excluding carboxylic acids is 2. The summed E-state index contributed by atoms with van der Waals surface area (Å²) in [5.74, 6) is -0.0975. The summed E-state index contributed by atoms with van der Waals surface area (Å²) in [5, 5.41) is 12.6. The van der Waals surface area contributed by atoms with E-state index in [0.29, 0.717) is 24.0 Å². The molecule has 1 radical (unpaired) electrons. The highest BCUT2D eigenvalue weighted by Crippen LogP contribution is 2.49. The van der Waals surface area contributed by atoms with Gasteiger partial charge >= 0.3 is 0 Å². The number of phenols is 1. The molecule has 0 aliphatic heterocycles. The average molecular weight is 387 g/mol. The Morgan fingerprint density at radius 1 is 1.10 bits per heavy atom. The summed E-state index contributed by atoms with van der Waals surface area (Å²) in [7, 11) is 0. The lowest BCUT2D eigenvalue weighted by atomic mass is 9.66. The summed E-state index contributed by atoms with van der Waals surface area (Å²) >= 11 is 0. The van der Waals surface area contributed by atoms with Gasteiger partial charge in [-0.1, -0.05) is 57.4 Å². The van der Waals surface area contributed by atoms with Crippen LogP contribution < -0.4 is 0 Å². The van der Waals surface area contributed by atoms with Crippen LogP contribution in [0.4, 0.5) is 0 Å². The van der Waals surface area contributed by atoms with E-state index in [2.05, 4.69) is 20.8 Å². The van der Waals surface area contributed by atoms with Crippen molar-refractivity contribution in [2.24, 2.45) is 0 Å². The van der Waals surface area contributed by atoms with Crippen LogP contribution in [0.1, 0.15) is 79.4 Å². The second kappa shape index (κ2) is 7.29.